The highest BCUT2D eigenvalue weighted by atomic mass is 32.2. The summed E-state index contributed by atoms with van der Waals surface area (Å²) < 4.78 is 32.4. The highest BCUT2D eigenvalue weighted by molar-refractivity contribution is 7.89. The van der Waals surface area contributed by atoms with Crippen molar-refractivity contribution in [2.45, 2.75) is 36.2 Å². The highest BCUT2D eigenvalue weighted by Crippen LogP contribution is 2.27. The van der Waals surface area contributed by atoms with E-state index < -0.39 is 22.1 Å². The van der Waals surface area contributed by atoms with Gasteiger partial charge in [0.05, 0.1) is 24.7 Å². The van der Waals surface area contributed by atoms with Gasteiger partial charge >= 0.3 is 0 Å². The van der Waals surface area contributed by atoms with Crippen LogP contribution in [0.15, 0.2) is 59.5 Å². The van der Waals surface area contributed by atoms with Crippen molar-refractivity contribution in [3.8, 4) is 5.75 Å². The van der Waals surface area contributed by atoms with E-state index >= 15 is 0 Å². The zero-order valence-corrected chi connectivity index (χ0v) is 17.1. The Morgan fingerprint density at radius 2 is 1.90 bits per heavy atom. The first-order valence-corrected chi connectivity index (χ1v) is 11.0. The number of benzene rings is 2. The van der Waals surface area contributed by atoms with Crippen LogP contribution in [0.4, 0.5) is 0 Å². The Morgan fingerprint density at radius 1 is 1.21 bits per heavy atom. The minimum atomic E-state index is -3.80. The third kappa shape index (κ3) is 4.95. The van der Waals surface area contributed by atoms with Gasteiger partial charge in [-0.3, -0.25) is 4.79 Å². The molecule has 1 fully saturated rings. The largest absolute Gasteiger partial charge is 0.497 e. The standard InChI is InChI=1S/C21H26N2O5S/c1-28-18-9-11-19(12-10-18)29(26,27)23-13-5-8-20(23)21(25)22-17(15-24)14-16-6-3-2-4-7-16/h2-4,6-7,9-12,17,20,24H,5,8,13-15H2,1H3,(H,22,25)/t17-,20+/m0/s1. The number of aliphatic hydroxyl groups is 1. The molecule has 1 amide bonds. The fraction of sp³-hybridized carbons (Fsp3) is 0.381. The van der Waals surface area contributed by atoms with Gasteiger partial charge in [0, 0.05) is 6.54 Å². The van der Waals surface area contributed by atoms with Gasteiger partial charge in [-0.15, -0.1) is 0 Å². The molecule has 1 heterocycles. The van der Waals surface area contributed by atoms with E-state index in [0.717, 1.165) is 5.56 Å². The summed E-state index contributed by atoms with van der Waals surface area (Å²) >= 11 is 0. The lowest BCUT2D eigenvalue weighted by Gasteiger charge is -2.25. The van der Waals surface area contributed by atoms with Crippen molar-refractivity contribution in [2.24, 2.45) is 0 Å². The molecule has 2 aromatic carbocycles. The van der Waals surface area contributed by atoms with Crippen molar-refractivity contribution in [3.63, 3.8) is 0 Å². The number of ether oxygens (including phenoxy) is 1. The molecule has 0 spiro atoms. The SMILES string of the molecule is COc1ccc(S(=O)(=O)N2CCC[C@@H]2C(=O)N[C@H](CO)Cc2ccccc2)cc1. The van der Waals surface area contributed by atoms with Crippen LogP contribution in [-0.2, 0) is 21.2 Å². The normalized spacial score (nSPS) is 18.3. The van der Waals surface area contributed by atoms with Gasteiger partial charge < -0.3 is 15.2 Å². The average Bonchev–Trinajstić information content (AvgIpc) is 3.25. The summed E-state index contributed by atoms with van der Waals surface area (Å²) in [6, 6.07) is 14.4. The molecule has 2 aromatic rings. The number of hydrogen-bond acceptors (Lipinski definition) is 5. The first-order valence-electron chi connectivity index (χ1n) is 9.56. The molecule has 2 atom stereocenters. The zero-order chi connectivity index (χ0) is 20.9. The van der Waals surface area contributed by atoms with E-state index in [9.17, 15) is 18.3 Å². The van der Waals surface area contributed by atoms with Crippen molar-refractivity contribution in [3.05, 3.63) is 60.2 Å². The summed E-state index contributed by atoms with van der Waals surface area (Å²) in [5, 5.41) is 12.5. The minimum absolute atomic E-state index is 0.126. The Morgan fingerprint density at radius 3 is 2.52 bits per heavy atom. The van der Waals surface area contributed by atoms with E-state index in [2.05, 4.69) is 5.32 Å². The number of nitrogens with one attached hydrogen (secondary N) is 1. The molecule has 0 saturated carbocycles. The summed E-state index contributed by atoms with van der Waals surface area (Å²) in [6.07, 6.45) is 1.53. The fourth-order valence-electron chi connectivity index (χ4n) is 3.53. The monoisotopic (exact) mass is 418 g/mol. The molecular weight excluding hydrogens is 392 g/mol. The fourth-order valence-corrected chi connectivity index (χ4v) is 5.19. The predicted octanol–water partition coefficient (Wildman–Crippen LogP) is 1.57. The van der Waals surface area contributed by atoms with Gasteiger partial charge in [-0.05, 0) is 49.1 Å². The van der Waals surface area contributed by atoms with Crippen LogP contribution >= 0.6 is 0 Å². The van der Waals surface area contributed by atoms with Crippen molar-refractivity contribution in [2.75, 3.05) is 20.3 Å². The van der Waals surface area contributed by atoms with Crippen LogP contribution in [0.3, 0.4) is 0 Å². The second-order valence-corrected chi connectivity index (χ2v) is 8.92. The molecule has 0 aliphatic carbocycles. The number of aliphatic hydroxyl groups excluding tert-OH is 1. The Labute approximate surface area is 171 Å². The van der Waals surface area contributed by atoms with E-state index in [1.807, 2.05) is 30.3 Å². The van der Waals surface area contributed by atoms with Crippen molar-refractivity contribution < 1.29 is 23.1 Å². The van der Waals surface area contributed by atoms with Crippen LogP contribution < -0.4 is 10.1 Å². The maximum Gasteiger partial charge on any atom is 0.243 e. The number of carbonyl (C=O) groups is 1. The van der Waals surface area contributed by atoms with Gasteiger partial charge in [-0.2, -0.15) is 4.31 Å². The molecule has 8 heteroatoms. The Balaban J connectivity index is 1.72. The maximum absolute atomic E-state index is 13.1. The van der Waals surface area contributed by atoms with Crippen molar-refractivity contribution >= 4 is 15.9 Å². The van der Waals surface area contributed by atoms with Gasteiger partial charge in [0.15, 0.2) is 0 Å². The molecule has 0 aromatic heterocycles. The Kier molecular flexibility index (Phi) is 6.89. The first kappa shape index (κ1) is 21.3. The number of nitrogens with zero attached hydrogens (tertiary/aromatic N) is 1. The maximum atomic E-state index is 13.1. The van der Waals surface area contributed by atoms with E-state index in [1.54, 1.807) is 12.1 Å². The number of amides is 1. The average molecular weight is 419 g/mol. The molecule has 0 radical (unpaired) electrons. The molecule has 2 N–H and O–H groups in total. The lowest BCUT2D eigenvalue weighted by molar-refractivity contribution is -0.125. The molecule has 156 valence electrons. The van der Waals surface area contributed by atoms with Gasteiger partial charge in [0.2, 0.25) is 15.9 Å². The van der Waals surface area contributed by atoms with Gasteiger partial charge in [-0.25, -0.2) is 8.42 Å². The highest BCUT2D eigenvalue weighted by Gasteiger charge is 2.39. The number of sulfonamides is 1. The topological polar surface area (TPSA) is 95.9 Å². The molecule has 1 aliphatic rings. The molecule has 0 unspecified atom stereocenters. The Bertz CT molecular complexity index is 916. The molecule has 7 nitrogen and oxygen atoms in total. The van der Waals surface area contributed by atoms with Gasteiger partial charge in [0.1, 0.15) is 11.8 Å². The molecule has 0 bridgehead atoms. The predicted molar refractivity (Wildman–Crippen MR) is 109 cm³/mol. The van der Waals surface area contributed by atoms with E-state index in [0.29, 0.717) is 25.0 Å². The number of hydrogen-bond donors (Lipinski definition) is 2. The second kappa shape index (κ2) is 9.39. The van der Waals surface area contributed by atoms with Crippen LogP contribution in [0.1, 0.15) is 18.4 Å². The molecule has 3 rings (SSSR count). The lowest BCUT2D eigenvalue weighted by atomic mass is 10.1. The zero-order valence-electron chi connectivity index (χ0n) is 16.3. The van der Waals surface area contributed by atoms with E-state index in [1.165, 1.54) is 23.5 Å². The quantitative estimate of drug-likeness (QED) is 0.678. The smallest absolute Gasteiger partial charge is 0.243 e. The molecule has 1 saturated heterocycles. The lowest BCUT2D eigenvalue weighted by Crippen LogP contribution is -2.50. The third-order valence-corrected chi connectivity index (χ3v) is 6.99. The molecular formula is C21H26N2O5S. The minimum Gasteiger partial charge on any atom is -0.497 e. The van der Waals surface area contributed by atoms with Crippen LogP contribution in [0.25, 0.3) is 0 Å². The van der Waals surface area contributed by atoms with Crippen molar-refractivity contribution in [1.29, 1.82) is 0 Å². The summed E-state index contributed by atoms with van der Waals surface area (Å²) in [7, 11) is -2.29. The van der Waals surface area contributed by atoms with E-state index in [4.69, 9.17) is 4.74 Å². The number of rotatable bonds is 8. The third-order valence-electron chi connectivity index (χ3n) is 5.06. The van der Waals surface area contributed by atoms with Crippen LogP contribution in [-0.4, -0.2) is 56.1 Å². The van der Waals surface area contributed by atoms with Gasteiger partial charge in [-0.1, -0.05) is 30.3 Å². The van der Waals surface area contributed by atoms with Gasteiger partial charge in [0.25, 0.3) is 0 Å². The summed E-state index contributed by atoms with van der Waals surface area (Å²) in [4.78, 5) is 13.0. The Hall–Kier alpha value is -2.42. The molecule has 29 heavy (non-hydrogen) atoms. The summed E-state index contributed by atoms with van der Waals surface area (Å²) in [6.45, 7) is 0.0630. The van der Waals surface area contributed by atoms with E-state index in [-0.39, 0.29) is 24.0 Å². The van der Waals surface area contributed by atoms with Crippen molar-refractivity contribution in [1.82, 2.24) is 9.62 Å². The summed E-state index contributed by atoms with van der Waals surface area (Å²) in [5.41, 5.74) is 0.987. The van der Waals surface area contributed by atoms with Crippen LogP contribution in [0, 0.1) is 0 Å². The molecule has 1 aliphatic heterocycles. The van der Waals surface area contributed by atoms with Crippen LogP contribution in [0.2, 0.25) is 0 Å². The first-order chi connectivity index (χ1) is 14.0. The van der Waals surface area contributed by atoms with Crippen LogP contribution in [0.5, 0.6) is 5.75 Å². The number of carbonyl (C=O) groups excluding carboxylic acids is 1. The number of methoxy groups -OCH3 is 1. The summed E-state index contributed by atoms with van der Waals surface area (Å²) in [5.74, 6) is 0.181. The second-order valence-electron chi connectivity index (χ2n) is 7.03.